The van der Waals surface area contributed by atoms with Gasteiger partial charge in [0, 0.05) is 19.6 Å². The Bertz CT molecular complexity index is 818. The number of benzene rings is 1. The molecule has 1 aliphatic rings. The fourth-order valence-electron chi connectivity index (χ4n) is 2.68. The number of hydrogen-bond acceptors (Lipinski definition) is 5. The van der Waals surface area contributed by atoms with Crippen molar-refractivity contribution >= 4 is 11.8 Å². The van der Waals surface area contributed by atoms with Gasteiger partial charge in [-0.05, 0) is 43.7 Å². The van der Waals surface area contributed by atoms with Gasteiger partial charge < -0.3 is 19.7 Å². The van der Waals surface area contributed by atoms with Gasteiger partial charge in [-0.25, -0.2) is 4.98 Å². The van der Waals surface area contributed by atoms with Gasteiger partial charge in [-0.15, -0.1) is 0 Å². The van der Waals surface area contributed by atoms with Crippen LogP contribution in [0.15, 0.2) is 36.4 Å². The highest BCUT2D eigenvalue weighted by atomic mass is 16.7. The van der Waals surface area contributed by atoms with Gasteiger partial charge in [-0.1, -0.05) is 12.1 Å². The average molecular weight is 355 g/mol. The molecule has 0 saturated heterocycles. The van der Waals surface area contributed by atoms with Gasteiger partial charge >= 0.3 is 0 Å². The molecule has 0 atom stereocenters. The number of hydrogen-bond donors (Lipinski definition) is 1. The van der Waals surface area contributed by atoms with Crippen LogP contribution in [0, 0.1) is 0 Å². The predicted octanol–water partition coefficient (Wildman–Crippen LogP) is 2.22. The molecule has 2 aromatic rings. The topological polar surface area (TPSA) is 80.8 Å². The van der Waals surface area contributed by atoms with Crippen LogP contribution in [-0.2, 0) is 6.54 Å². The maximum Gasteiger partial charge on any atom is 0.272 e. The molecule has 1 aromatic heterocycles. The molecule has 0 aliphatic carbocycles. The van der Waals surface area contributed by atoms with Crippen molar-refractivity contribution in [1.29, 1.82) is 0 Å². The van der Waals surface area contributed by atoms with Gasteiger partial charge in [0.25, 0.3) is 11.8 Å². The van der Waals surface area contributed by atoms with Gasteiger partial charge in [0.15, 0.2) is 11.5 Å². The van der Waals surface area contributed by atoms with Gasteiger partial charge in [-0.2, -0.15) is 0 Å². The summed E-state index contributed by atoms with van der Waals surface area (Å²) in [6.07, 6.45) is 0. The van der Waals surface area contributed by atoms with Crippen LogP contribution in [0.5, 0.6) is 11.5 Å². The summed E-state index contributed by atoms with van der Waals surface area (Å²) in [6, 6.07) is 10.4. The van der Waals surface area contributed by atoms with Crippen LogP contribution >= 0.6 is 0 Å². The number of nitrogens with zero attached hydrogens (tertiary/aromatic N) is 2. The van der Waals surface area contributed by atoms with Crippen LogP contribution in [0.1, 0.15) is 40.4 Å². The quantitative estimate of drug-likeness (QED) is 0.859. The first-order chi connectivity index (χ1) is 12.6. The third kappa shape index (κ3) is 3.77. The molecule has 7 heteroatoms. The second kappa shape index (κ2) is 7.86. The largest absolute Gasteiger partial charge is 0.454 e. The molecule has 2 heterocycles. The maximum absolute atomic E-state index is 12.4. The Morgan fingerprint density at radius 2 is 1.81 bits per heavy atom. The second-order valence-corrected chi connectivity index (χ2v) is 5.76. The average Bonchev–Trinajstić information content (AvgIpc) is 3.15. The Labute approximate surface area is 151 Å². The monoisotopic (exact) mass is 355 g/mol. The fraction of sp³-hybridized carbons (Fsp3) is 0.316. The van der Waals surface area contributed by atoms with E-state index in [-0.39, 0.29) is 30.0 Å². The number of carbonyl (C=O) groups excluding carboxylic acids is 2. The minimum absolute atomic E-state index is 0.180. The normalized spacial score (nSPS) is 11.9. The van der Waals surface area contributed by atoms with Crippen molar-refractivity contribution in [3.8, 4) is 11.5 Å². The molecule has 0 radical (unpaired) electrons. The number of nitrogens with one attached hydrogen (secondary N) is 1. The van der Waals surface area contributed by atoms with Gasteiger partial charge in [0.2, 0.25) is 6.79 Å². The van der Waals surface area contributed by atoms with Crippen molar-refractivity contribution in [1.82, 2.24) is 15.2 Å². The molecular formula is C19H21N3O4. The highest BCUT2D eigenvalue weighted by Crippen LogP contribution is 2.32. The van der Waals surface area contributed by atoms with Crippen LogP contribution in [0.4, 0.5) is 0 Å². The van der Waals surface area contributed by atoms with Gasteiger partial charge in [-0.3, -0.25) is 9.59 Å². The molecule has 0 spiro atoms. The van der Waals surface area contributed by atoms with Crippen LogP contribution in [-0.4, -0.2) is 41.6 Å². The van der Waals surface area contributed by atoms with E-state index in [9.17, 15) is 9.59 Å². The van der Waals surface area contributed by atoms with E-state index in [0.717, 1.165) is 5.56 Å². The Kier molecular flexibility index (Phi) is 5.36. The highest BCUT2D eigenvalue weighted by molar-refractivity contribution is 5.96. The lowest BCUT2D eigenvalue weighted by molar-refractivity contribution is 0.0767. The van der Waals surface area contributed by atoms with E-state index in [1.165, 1.54) is 0 Å². The molecule has 1 aromatic carbocycles. The first kappa shape index (κ1) is 17.7. The second-order valence-electron chi connectivity index (χ2n) is 5.76. The lowest BCUT2D eigenvalue weighted by atomic mass is 10.2. The minimum Gasteiger partial charge on any atom is -0.454 e. The third-order valence-electron chi connectivity index (χ3n) is 4.14. The Balaban J connectivity index is 1.66. The van der Waals surface area contributed by atoms with Crippen LogP contribution < -0.4 is 14.8 Å². The zero-order chi connectivity index (χ0) is 18.5. The molecule has 0 saturated carbocycles. The third-order valence-corrected chi connectivity index (χ3v) is 4.14. The smallest absolute Gasteiger partial charge is 0.272 e. The van der Waals surface area contributed by atoms with E-state index in [1.54, 1.807) is 23.1 Å². The molecule has 26 heavy (non-hydrogen) atoms. The summed E-state index contributed by atoms with van der Waals surface area (Å²) in [4.78, 5) is 30.6. The zero-order valence-corrected chi connectivity index (χ0v) is 14.8. The van der Waals surface area contributed by atoms with Gasteiger partial charge in [0.1, 0.15) is 11.4 Å². The first-order valence-corrected chi connectivity index (χ1v) is 8.55. The van der Waals surface area contributed by atoms with Crippen molar-refractivity contribution in [2.45, 2.75) is 20.4 Å². The molecule has 136 valence electrons. The Morgan fingerprint density at radius 1 is 1.08 bits per heavy atom. The van der Waals surface area contributed by atoms with Gasteiger partial charge in [0.05, 0.1) is 0 Å². The summed E-state index contributed by atoms with van der Waals surface area (Å²) in [5.74, 6) is 0.850. The van der Waals surface area contributed by atoms with Crippen molar-refractivity contribution in [2.24, 2.45) is 0 Å². The van der Waals surface area contributed by atoms with Crippen molar-refractivity contribution in [3.63, 3.8) is 0 Å². The number of aromatic nitrogens is 1. The van der Waals surface area contributed by atoms with E-state index in [4.69, 9.17) is 9.47 Å². The predicted molar refractivity (Wildman–Crippen MR) is 95.2 cm³/mol. The minimum atomic E-state index is -0.336. The number of amides is 2. The molecule has 0 bridgehead atoms. The number of carbonyl (C=O) groups is 2. The summed E-state index contributed by atoms with van der Waals surface area (Å²) in [5.41, 5.74) is 1.37. The molecule has 7 nitrogen and oxygen atoms in total. The molecule has 0 fully saturated rings. The number of pyridine rings is 1. The number of fused-ring (bicyclic) bond motifs is 1. The zero-order valence-electron chi connectivity index (χ0n) is 14.8. The van der Waals surface area contributed by atoms with Crippen molar-refractivity contribution < 1.29 is 19.1 Å². The van der Waals surface area contributed by atoms with Crippen molar-refractivity contribution in [2.75, 3.05) is 19.9 Å². The van der Waals surface area contributed by atoms with Crippen LogP contribution in [0.3, 0.4) is 0 Å². The highest BCUT2D eigenvalue weighted by Gasteiger charge is 2.17. The van der Waals surface area contributed by atoms with E-state index < -0.39 is 0 Å². The van der Waals surface area contributed by atoms with Crippen LogP contribution in [0.2, 0.25) is 0 Å². The standard InChI is InChI=1S/C19H21N3O4/c1-3-22(4-2)19(24)15-7-5-6-14(21-15)18(23)20-11-13-8-9-16-17(10-13)26-12-25-16/h5-10H,3-4,11-12H2,1-2H3,(H,20,23). The maximum atomic E-state index is 12.4. The number of ether oxygens (including phenoxy) is 2. The molecule has 2 amide bonds. The van der Waals surface area contributed by atoms with E-state index in [1.807, 2.05) is 32.0 Å². The molecular weight excluding hydrogens is 334 g/mol. The van der Waals surface area contributed by atoms with Crippen molar-refractivity contribution in [3.05, 3.63) is 53.3 Å². The first-order valence-electron chi connectivity index (χ1n) is 8.55. The Hall–Kier alpha value is -3.09. The summed E-state index contributed by atoms with van der Waals surface area (Å²) in [6.45, 7) is 5.54. The molecule has 3 rings (SSSR count). The summed E-state index contributed by atoms with van der Waals surface area (Å²) in [5, 5.41) is 2.81. The Morgan fingerprint density at radius 3 is 2.58 bits per heavy atom. The SMILES string of the molecule is CCN(CC)C(=O)c1cccc(C(=O)NCc2ccc3c(c2)OCO3)n1. The summed E-state index contributed by atoms with van der Waals surface area (Å²) < 4.78 is 10.6. The lowest BCUT2D eigenvalue weighted by Crippen LogP contribution is -2.32. The molecule has 0 unspecified atom stereocenters. The fourth-order valence-corrected chi connectivity index (χ4v) is 2.68. The van der Waals surface area contributed by atoms with E-state index in [0.29, 0.717) is 31.1 Å². The lowest BCUT2D eigenvalue weighted by Gasteiger charge is -2.18. The van der Waals surface area contributed by atoms with E-state index >= 15 is 0 Å². The summed E-state index contributed by atoms with van der Waals surface area (Å²) in [7, 11) is 0. The van der Waals surface area contributed by atoms with E-state index in [2.05, 4.69) is 10.3 Å². The van der Waals surface area contributed by atoms with Crippen LogP contribution in [0.25, 0.3) is 0 Å². The molecule has 1 aliphatic heterocycles. The number of rotatable bonds is 6. The molecule has 1 N–H and O–H groups in total. The summed E-state index contributed by atoms with van der Waals surface area (Å²) >= 11 is 0.